The third-order valence-electron chi connectivity index (χ3n) is 4.71. The summed E-state index contributed by atoms with van der Waals surface area (Å²) in [7, 11) is 0. The van der Waals surface area contributed by atoms with Crippen LogP contribution in [0.2, 0.25) is 0 Å². The number of alkyl halides is 3. The highest BCUT2D eigenvalue weighted by molar-refractivity contribution is 7.81. The first-order valence-electron chi connectivity index (χ1n) is 11.3. The summed E-state index contributed by atoms with van der Waals surface area (Å²) in [6, 6.07) is 1.41. The van der Waals surface area contributed by atoms with E-state index < -0.39 is 47.1 Å². The number of carbonyl (C=O) groups is 1. The van der Waals surface area contributed by atoms with Gasteiger partial charge in [0.25, 0.3) is 0 Å². The van der Waals surface area contributed by atoms with Crippen LogP contribution in [-0.4, -0.2) is 24.3 Å². The molecule has 0 radical (unpaired) electrons. The Balaban J connectivity index is 0.00000562. The van der Waals surface area contributed by atoms with Gasteiger partial charge in [0.2, 0.25) is 5.91 Å². The van der Waals surface area contributed by atoms with Gasteiger partial charge in [0.15, 0.2) is 11.6 Å². The fraction of sp³-hybridized carbons (Fsp3) is 0.480. The van der Waals surface area contributed by atoms with E-state index >= 15 is 0 Å². The molecule has 0 saturated heterocycles. The summed E-state index contributed by atoms with van der Waals surface area (Å²) in [6.07, 6.45) is 0.913. The second-order valence-electron chi connectivity index (χ2n) is 7.51. The van der Waals surface area contributed by atoms with Crippen molar-refractivity contribution in [1.29, 1.82) is 0 Å². The molecule has 2 N–H and O–H groups in total. The number of hydrogen-bond donors (Lipinski definition) is 3. The predicted molar refractivity (Wildman–Crippen MR) is 134 cm³/mol. The lowest BCUT2D eigenvalue weighted by Gasteiger charge is -2.20. The molecule has 1 amide bonds. The molecule has 2 unspecified atom stereocenters. The van der Waals surface area contributed by atoms with Gasteiger partial charge in [-0.3, -0.25) is 4.79 Å². The third kappa shape index (κ3) is 12.3. The van der Waals surface area contributed by atoms with E-state index in [2.05, 4.69) is 22.9 Å². The van der Waals surface area contributed by atoms with Crippen LogP contribution in [0.25, 0.3) is 0 Å². The van der Waals surface area contributed by atoms with Gasteiger partial charge in [-0.15, -0.1) is 0 Å². The molecule has 0 aliphatic carbocycles. The Kier molecular flexibility index (Phi) is 15.3. The Morgan fingerprint density at radius 3 is 2.11 bits per heavy atom. The van der Waals surface area contributed by atoms with Gasteiger partial charge in [0.1, 0.15) is 5.69 Å². The van der Waals surface area contributed by atoms with Gasteiger partial charge in [0.05, 0.1) is 18.2 Å². The van der Waals surface area contributed by atoms with Crippen LogP contribution >= 0.6 is 12.8 Å². The van der Waals surface area contributed by atoms with Crippen molar-refractivity contribution >= 4 is 24.4 Å². The van der Waals surface area contributed by atoms with Gasteiger partial charge < -0.3 is 14.8 Å². The number of carbonyl (C=O) groups excluding carboxylic acids is 1. The molecule has 0 bridgehead atoms. The molecule has 1 rings (SSSR count). The molecule has 0 spiro atoms. The number of allylic oxidation sites excluding steroid dienone is 4. The Morgan fingerprint density at radius 1 is 1.06 bits per heavy atom. The van der Waals surface area contributed by atoms with Crippen molar-refractivity contribution in [3.8, 4) is 0 Å². The maximum absolute atomic E-state index is 13.8. The average molecular weight is 523 g/mol. The van der Waals surface area contributed by atoms with Gasteiger partial charge >= 0.3 is 6.18 Å². The lowest BCUT2D eigenvalue weighted by molar-refractivity contribution is -0.117. The Morgan fingerprint density at radius 2 is 1.63 bits per heavy atom. The number of hydrogen-bond acceptors (Lipinski definition) is 4. The van der Waals surface area contributed by atoms with Crippen LogP contribution < -0.4 is 10.0 Å². The molecule has 4 nitrogen and oxygen atoms in total. The van der Waals surface area contributed by atoms with E-state index in [1.165, 1.54) is 25.2 Å². The van der Waals surface area contributed by atoms with Gasteiger partial charge in [-0.25, -0.2) is 8.78 Å². The van der Waals surface area contributed by atoms with E-state index in [-0.39, 0.29) is 18.1 Å². The minimum atomic E-state index is -4.50. The molecule has 0 fully saturated rings. The van der Waals surface area contributed by atoms with E-state index in [1.54, 1.807) is 13.8 Å². The first-order valence-corrected chi connectivity index (χ1v) is 11.8. The van der Waals surface area contributed by atoms with Crippen molar-refractivity contribution in [2.45, 2.75) is 78.8 Å². The molecule has 0 saturated carbocycles. The summed E-state index contributed by atoms with van der Waals surface area (Å²) in [5.41, 5.74) is -0.955. The predicted octanol–water partition coefficient (Wildman–Crippen LogP) is 7.62. The van der Waals surface area contributed by atoms with Gasteiger partial charge in [0, 0.05) is 18.1 Å². The van der Waals surface area contributed by atoms with Crippen LogP contribution in [0, 0.1) is 11.6 Å². The number of rotatable bonds is 11. The zero-order valence-electron chi connectivity index (χ0n) is 20.8. The number of thiol groups is 1. The minimum Gasteiger partial charge on any atom is -0.375 e. The van der Waals surface area contributed by atoms with Gasteiger partial charge in [-0.05, 0) is 44.9 Å². The number of anilines is 1. The number of amides is 1. The summed E-state index contributed by atoms with van der Waals surface area (Å²) in [4.78, 5) is 12.0. The average Bonchev–Trinajstić information content (AvgIpc) is 2.78. The monoisotopic (exact) mass is 522 g/mol. The first kappa shape index (κ1) is 32.7. The normalized spacial score (nSPS) is 14.9. The molecule has 1 aromatic carbocycles. The molecule has 0 aromatic heterocycles. The summed E-state index contributed by atoms with van der Waals surface area (Å²) in [6.45, 7) is 10.8. The fourth-order valence-corrected chi connectivity index (χ4v) is 3.02. The summed E-state index contributed by atoms with van der Waals surface area (Å²) >= 11 is 3.62. The van der Waals surface area contributed by atoms with Crippen molar-refractivity contribution in [3.05, 3.63) is 65.3 Å². The second-order valence-corrected chi connectivity index (χ2v) is 7.73. The van der Waals surface area contributed by atoms with Crippen LogP contribution in [0.5, 0.6) is 0 Å². The highest BCUT2D eigenvalue weighted by atomic mass is 32.1. The number of ether oxygens (including phenoxy) is 1. The lowest BCUT2D eigenvalue weighted by atomic mass is 10.1. The molecule has 10 heteroatoms. The quantitative estimate of drug-likeness (QED) is 0.121. The Bertz CT molecular complexity index is 862. The molecular weight excluding hydrogens is 487 g/mol. The lowest BCUT2D eigenvalue weighted by Crippen LogP contribution is -2.24. The second kappa shape index (κ2) is 16.4. The van der Waals surface area contributed by atoms with Crippen molar-refractivity contribution in [1.82, 2.24) is 5.32 Å². The molecule has 0 aliphatic heterocycles. The van der Waals surface area contributed by atoms with Crippen molar-refractivity contribution in [2.75, 3.05) is 4.72 Å². The minimum absolute atomic E-state index is 0.139. The van der Waals surface area contributed by atoms with E-state index in [9.17, 15) is 26.7 Å². The highest BCUT2D eigenvalue weighted by Gasteiger charge is 2.34. The Hall–Kier alpha value is -2.33. The van der Waals surface area contributed by atoms with Crippen LogP contribution in [0.1, 0.15) is 66.0 Å². The smallest absolute Gasteiger partial charge is 0.375 e. The molecule has 1 aromatic rings. The Labute approximate surface area is 210 Å². The van der Waals surface area contributed by atoms with E-state index in [0.717, 1.165) is 24.3 Å². The molecule has 3 atom stereocenters. The number of nitrogens with one attached hydrogen (secondary N) is 2. The zero-order valence-corrected chi connectivity index (χ0v) is 21.7. The SMILES string of the molecule is CC.CCC(C)OC(C)C\C(=C/C=C/C=C/C(=O)N[C@H](C)c1cc(F)c(NS)c(F)c1)C(F)(F)F. The number of benzene rings is 1. The van der Waals surface area contributed by atoms with Crippen molar-refractivity contribution < 1.29 is 31.5 Å². The first-order chi connectivity index (χ1) is 16.4. The standard InChI is InChI=1S/C23H29F5N2O2S.C2H6/c1-5-14(2)32-15(3)11-18(23(26,27)28)9-7-6-8-10-21(31)29-16(4)17-12-19(24)22(30-33)20(25)13-17;1-2/h6-10,12-16,30,33H,5,11H2,1-4H3,(H,29,31);1-2H3/b7-6+,10-8+,18-9+;/t14?,15?,16-;/m1./s1. The van der Waals surface area contributed by atoms with Crippen LogP contribution in [-0.2, 0) is 9.53 Å². The van der Waals surface area contributed by atoms with Gasteiger partial charge in [-0.2, -0.15) is 13.2 Å². The highest BCUT2D eigenvalue weighted by Crippen LogP contribution is 2.30. The van der Waals surface area contributed by atoms with Crippen LogP contribution in [0.15, 0.2) is 48.1 Å². The number of halogens is 5. The zero-order chi connectivity index (χ0) is 27.2. The molecule has 0 heterocycles. The summed E-state index contributed by atoms with van der Waals surface area (Å²) in [5.74, 6) is -2.31. The summed E-state index contributed by atoms with van der Waals surface area (Å²) < 4.78 is 75.0. The molecule has 35 heavy (non-hydrogen) atoms. The van der Waals surface area contributed by atoms with E-state index in [1.807, 2.05) is 20.8 Å². The van der Waals surface area contributed by atoms with Crippen LogP contribution in [0.4, 0.5) is 27.6 Å². The van der Waals surface area contributed by atoms with E-state index in [4.69, 9.17) is 4.74 Å². The molecule has 0 aliphatic rings. The molecular formula is C25H35F5N2O2S. The van der Waals surface area contributed by atoms with Crippen molar-refractivity contribution in [3.63, 3.8) is 0 Å². The maximum Gasteiger partial charge on any atom is 0.412 e. The van der Waals surface area contributed by atoms with Crippen LogP contribution in [0.3, 0.4) is 0 Å². The third-order valence-corrected chi connectivity index (χ3v) is 4.94. The molecule has 198 valence electrons. The largest absolute Gasteiger partial charge is 0.412 e. The van der Waals surface area contributed by atoms with E-state index in [0.29, 0.717) is 6.42 Å². The van der Waals surface area contributed by atoms with Gasteiger partial charge in [-0.1, -0.05) is 57.9 Å². The summed E-state index contributed by atoms with van der Waals surface area (Å²) in [5, 5.41) is 2.52. The maximum atomic E-state index is 13.8. The topological polar surface area (TPSA) is 50.4 Å². The fourth-order valence-electron chi connectivity index (χ4n) is 2.80. The van der Waals surface area contributed by atoms with Crippen molar-refractivity contribution in [2.24, 2.45) is 0 Å².